The zero-order valence-electron chi connectivity index (χ0n) is 13.3. The van der Waals surface area contributed by atoms with Crippen LogP contribution in [-0.4, -0.2) is 41.5 Å². The molecule has 0 atom stereocenters. The Balaban J connectivity index is 1.83. The van der Waals surface area contributed by atoms with E-state index in [4.69, 9.17) is 4.74 Å². The molecule has 25 heavy (non-hydrogen) atoms. The summed E-state index contributed by atoms with van der Waals surface area (Å²) < 4.78 is 9.42. The minimum Gasteiger partial charge on any atom is -0.465 e. The van der Waals surface area contributed by atoms with Crippen LogP contribution < -0.4 is 5.32 Å². The summed E-state index contributed by atoms with van der Waals surface area (Å²) in [4.78, 5) is 42.6. The van der Waals surface area contributed by atoms with E-state index in [9.17, 15) is 14.4 Å². The largest absolute Gasteiger partial charge is 0.465 e. The first kappa shape index (κ1) is 17.8. The van der Waals surface area contributed by atoms with Gasteiger partial charge in [0.05, 0.1) is 24.6 Å². The molecule has 8 nitrogen and oxygen atoms in total. The number of hydrogen-bond donors (Lipinski definition) is 1. The molecule has 0 saturated heterocycles. The van der Waals surface area contributed by atoms with Crippen molar-refractivity contribution in [2.75, 3.05) is 19.0 Å². The molecule has 0 saturated carbocycles. The van der Waals surface area contributed by atoms with Crippen LogP contribution in [0.3, 0.4) is 0 Å². The molecular formula is C17H15N3O5. The molecule has 0 spiro atoms. The molecule has 0 bridgehead atoms. The molecule has 1 aromatic heterocycles. The number of nitrogens with zero attached hydrogens (tertiary/aromatic N) is 2. The lowest BCUT2D eigenvalue weighted by atomic mass is 10.2. The first-order valence-electron chi connectivity index (χ1n) is 7.17. The second kappa shape index (κ2) is 8.92. The fourth-order valence-electron chi connectivity index (χ4n) is 1.77. The summed E-state index contributed by atoms with van der Waals surface area (Å²) in [7, 11) is 1.27. The lowest BCUT2D eigenvalue weighted by Crippen LogP contribution is -2.20. The molecule has 2 aromatic rings. The van der Waals surface area contributed by atoms with E-state index < -0.39 is 24.5 Å². The van der Waals surface area contributed by atoms with E-state index >= 15 is 0 Å². The predicted octanol–water partition coefficient (Wildman–Crippen LogP) is 1.46. The number of aromatic nitrogens is 2. The van der Waals surface area contributed by atoms with Gasteiger partial charge in [0.15, 0.2) is 6.61 Å². The van der Waals surface area contributed by atoms with Crippen molar-refractivity contribution < 1.29 is 23.9 Å². The Morgan fingerprint density at radius 2 is 2.08 bits per heavy atom. The maximum absolute atomic E-state index is 11.8. The summed E-state index contributed by atoms with van der Waals surface area (Å²) in [6.45, 7) is -0.466. The predicted molar refractivity (Wildman–Crippen MR) is 88.4 cm³/mol. The number of carbonyl (C=O) groups is 3. The first-order chi connectivity index (χ1) is 12.1. The Morgan fingerprint density at radius 3 is 2.80 bits per heavy atom. The summed E-state index contributed by atoms with van der Waals surface area (Å²) in [5, 5.41) is 2.52. The monoisotopic (exact) mass is 341 g/mol. The fourth-order valence-corrected chi connectivity index (χ4v) is 1.77. The highest BCUT2D eigenvalue weighted by atomic mass is 16.5. The molecule has 0 aliphatic carbocycles. The number of esters is 2. The highest BCUT2D eigenvalue weighted by Gasteiger charge is 2.09. The molecule has 1 amide bonds. The summed E-state index contributed by atoms with van der Waals surface area (Å²) in [6, 6.07) is 6.20. The third-order valence-electron chi connectivity index (χ3n) is 2.89. The maximum Gasteiger partial charge on any atom is 0.337 e. The zero-order valence-corrected chi connectivity index (χ0v) is 13.3. The summed E-state index contributed by atoms with van der Waals surface area (Å²) in [5.74, 6) is -1.75. The van der Waals surface area contributed by atoms with E-state index in [0.29, 0.717) is 16.9 Å². The highest BCUT2D eigenvalue weighted by Crippen LogP contribution is 2.11. The number of anilines is 1. The second-order valence-electron chi connectivity index (χ2n) is 4.69. The van der Waals surface area contributed by atoms with Gasteiger partial charge in [0.2, 0.25) is 0 Å². The van der Waals surface area contributed by atoms with Crippen LogP contribution in [0.25, 0.3) is 6.08 Å². The van der Waals surface area contributed by atoms with Crippen LogP contribution in [0, 0.1) is 0 Å². The number of benzene rings is 1. The second-order valence-corrected chi connectivity index (χ2v) is 4.69. The van der Waals surface area contributed by atoms with Crippen molar-refractivity contribution in [1.82, 2.24) is 9.97 Å². The van der Waals surface area contributed by atoms with Crippen molar-refractivity contribution in [3.05, 3.63) is 60.2 Å². The quantitative estimate of drug-likeness (QED) is 0.626. The normalized spacial score (nSPS) is 10.3. The van der Waals surface area contributed by atoms with Gasteiger partial charge in [-0.05, 0) is 24.3 Å². The number of hydrogen-bond acceptors (Lipinski definition) is 7. The minimum atomic E-state index is -0.691. The van der Waals surface area contributed by atoms with Gasteiger partial charge in [-0.15, -0.1) is 0 Å². The lowest BCUT2D eigenvalue weighted by molar-refractivity contribution is -0.142. The summed E-state index contributed by atoms with van der Waals surface area (Å²) in [5.41, 5.74) is 1.17. The Morgan fingerprint density at radius 1 is 1.24 bits per heavy atom. The van der Waals surface area contributed by atoms with Gasteiger partial charge in [0.25, 0.3) is 5.91 Å². The van der Waals surface area contributed by atoms with Crippen LogP contribution >= 0.6 is 0 Å². The topological polar surface area (TPSA) is 107 Å². The van der Waals surface area contributed by atoms with Gasteiger partial charge in [-0.25, -0.2) is 9.59 Å². The molecule has 0 radical (unpaired) electrons. The van der Waals surface area contributed by atoms with Gasteiger partial charge in [-0.3, -0.25) is 14.8 Å². The number of amides is 1. The fraction of sp³-hybridized carbons (Fsp3) is 0.118. The number of methoxy groups -OCH3 is 1. The van der Waals surface area contributed by atoms with Crippen molar-refractivity contribution >= 4 is 29.6 Å². The highest BCUT2D eigenvalue weighted by molar-refractivity contribution is 5.96. The molecule has 0 aliphatic rings. The zero-order chi connectivity index (χ0) is 18.1. The van der Waals surface area contributed by atoms with Gasteiger partial charge >= 0.3 is 11.9 Å². The van der Waals surface area contributed by atoms with Crippen LogP contribution in [0.4, 0.5) is 5.69 Å². The van der Waals surface area contributed by atoms with E-state index in [1.807, 2.05) is 0 Å². The van der Waals surface area contributed by atoms with E-state index in [1.54, 1.807) is 18.2 Å². The first-order valence-corrected chi connectivity index (χ1v) is 7.17. The van der Waals surface area contributed by atoms with Gasteiger partial charge in [0, 0.05) is 24.2 Å². The van der Waals surface area contributed by atoms with Crippen LogP contribution in [0.5, 0.6) is 0 Å². The molecule has 0 aliphatic heterocycles. The molecule has 8 heteroatoms. The average molecular weight is 341 g/mol. The van der Waals surface area contributed by atoms with Crippen LogP contribution in [-0.2, 0) is 19.1 Å². The number of ether oxygens (including phenoxy) is 2. The molecular weight excluding hydrogens is 326 g/mol. The molecule has 1 heterocycles. The standard InChI is InChI=1S/C17H15N3O5/c1-24-17(23)12-3-2-4-13(9-12)20-15(21)11-25-16(22)6-5-14-10-18-7-8-19-14/h2-10H,11H2,1H3,(H,20,21). The third-order valence-corrected chi connectivity index (χ3v) is 2.89. The maximum atomic E-state index is 11.8. The van der Waals surface area contributed by atoms with Crippen molar-refractivity contribution in [1.29, 1.82) is 0 Å². The smallest absolute Gasteiger partial charge is 0.337 e. The summed E-state index contributed by atoms with van der Waals surface area (Å²) >= 11 is 0. The minimum absolute atomic E-state index is 0.296. The van der Waals surface area contributed by atoms with Crippen LogP contribution in [0.1, 0.15) is 16.1 Å². The molecule has 128 valence electrons. The van der Waals surface area contributed by atoms with Gasteiger partial charge < -0.3 is 14.8 Å². The van der Waals surface area contributed by atoms with Crippen molar-refractivity contribution in [2.24, 2.45) is 0 Å². The van der Waals surface area contributed by atoms with Gasteiger partial charge in [0.1, 0.15) is 0 Å². The number of rotatable bonds is 6. The molecule has 2 rings (SSSR count). The number of carbonyl (C=O) groups excluding carboxylic acids is 3. The van der Waals surface area contributed by atoms with Gasteiger partial charge in [-0.1, -0.05) is 6.07 Å². The van der Waals surface area contributed by atoms with E-state index in [-0.39, 0.29) is 0 Å². The Labute approximate surface area is 143 Å². The Kier molecular flexibility index (Phi) is 6.35. The van der Waals surface area contributed by atoms with Crippen molar-refractivity contribution in [3.63, 3.8) is 0 Å². The van der Waals surface area contributed by atoms with Gasteiger partial charge in [-0.2, -0.15) is 0 Å². The molecule has 0 unspecified atom stereocenters. The molecule has 0 fully saturated rings. The molecule has 1 N–H and O–H groups in total. The average Bonchev–Trinajstić information content (AvgIpc) is 2.65. The van der Waals surface area contributed by atoms with Crippen LogP contribution in [0.15, 0.2) is 48.9 Å². The Bertz CT molecular complexity index is 790. The van der Waals surface area contributed by atoms with E-state index in [0.717, 1.165) is 6.08 Å². The van der Waals surface area contributed by atoms with E-state index in [1.165, 1.54) is 37.8 Å². The van der Waals surface area contributed by atoms with E-state index in [2.05, 4.69) is 20.0 Å². The van der Waals surface area contributed by atoms with Crippen LogP contribution in [0.2, 0.25) is 0 Å². The SMILES string of the molecule is COC(=O)c1cccc(NC(=O)COC(=O)C=Cc2cnccn2)c1. The van der Waals surface area contributed by atoms with Crippen molar-refractivity contribution in [2.45, 2.75) is 0 Å². The lowest BCUT2D eigenvalue weighted by Gasteiger charge is -2.06. The summed E-state index contributed by atoms with van der Waals surface area (Å²) in [6.07, 6.45) is 7.04. The Hall–Kier alpha value is -3.55. The molecule has 1 aromatic carbocycles. The third kappa shape index (κ3) is 5.87. The number of nitrogens with one attached hydrogen (secondary N) is 1. The van der Waals surface area contributed by atoms with Crippen molar-refractivity contribution in [3.8, 4) is 0 Å².